The average molecular weight is 251 g/mol. The van der Waals surface area contributed by atoms with Crippen LogP contribution >= 0.6 is 0 Å². The van der Waals surface area contributed by atoms with Crippen molar-refractivity contribution in [3.05, 3.63) is 29.6 Å². The molecule has 0 saturated heterocycles. The summed E-state index contributed by atoms with van der Waals surface area (Å²) in [6.07, 6.45) is 5.51. The third-order valence-corrected chi connectivity index (χ3v) is 4.02. The van der Waals surface area contributed by atoms with Crippen LogP contribution in [0.25, 0.3) is 0 Å². The first kappa shape index (κ1) is 13.3. The highest BCUT2D eigenvalue weighted by atomic mass is 19.1. The molecule has 0 unspecified atom stereocenters. The molecule has 1 aliphatic carbocycles. The van der Waals surface area contributed by atoms with E-state index in [1.807, 2.05) is 19.1 Å². The smallest absolute Gasteiger partial charge is 0.130 e. The second-order valence-electron chi connectivity index (χ2n) is 5.12. The third-order valence-electron chi connectivity index (χ3n) is 4.02. The van der Waals surface area contributed by atoms with Gasteiger partial charge in [-0.15, -0.1) is 0 Å². The minimum absolute atomic E-state index is 0.160. The molecule has 100 valence electrons. The lowest BCUT2D eigenvalue weighted by atomic mass is 9.69. The predicted molar refractivity (Wildman–Crippen MR) is 71.4 cm³/mol. The Kier molecular flexibility index (Phi) is 4.23. The topological polar surface area (TPSA) is 35.2 Å². The van der Waals surface area contributed by atoms with E-state index >= 15 is 0 Å². The fraction of sp³-hybridized carbons (Fsp3) is 0.600. The Morgan fingerprint density at radius 3 is 2.56 bits per heavy atom. The molecule has 18 heavy (non-hydrogen) atoms. The zero-order valence-electron chi connectivity index (χ0n) is 11.0. The highest BCUT2D eigenvalue weighted by molar-refractivity contribution is 5.34. The molecule has 3 heteroatoms. The average Bonchev–Trinajstić information content (AvgIpc) is 2.40. The number of benzene rings is 1. The molecular formula is C15H22FNO. The summed E-state index contributed by atoms with van der Waals surface area (Å²) in [5, 5.41) is 0. The lowest BCUT2D eigenvalue weighted by molar-refractivity contribution is 0.289. The van der Waals surface area contributed by atoms with Crippen LogP contribution < -0.4 is 10.5 Å². The van der Waals surface area contributed by atoms with Crippen LogP contribution in [0, 0.1) is 5.82 Å². The Labute approximate surface area is 108 Å². The van der Waals surface area contributed by atoms with Gasteiger partial charge >= 0.3 is 0 Å². The summed E-state index contributed by atoms with van der Waals surface area (Å²) in [4.78, 5) is 0. The monoisotopic (exact) mass is 251 g/mol. The van der Waals surface area contributed by atoms with Crippen LogP contribution in [0.15, 0.2) is 18.2 Å². The number of rotatable bonds is 4. The van der Waals surface area contributed by atoms with Gasteiger partial charge in [-0.05, 0) is 31.4 Å². The first-order valence-corrected chi connectivity index (χ1v) is 6.85. The summed E-state index contributed by atoms with van der Waals surface area (Å²) in [6.45, 7) is 2.98. The highest BCUT2D eigenvalue weighted by Gasteiger charge is 2.34. The second kappa shape index (κ2) is 5.70. The molecule has 0 bridgehead atoms. The summed E-state index contributed by atoms with van der Waals surface area (Å²) in [5.41, 5.74) is 6.55. The number of nitrogens with two attached hydrogens (primary N) is 1. The van der Waals surface area contributed by atoms with Crippen LogP contribution in [-0.4, -0.2) is 13.2 Å². The van der Waals surface area contributed by atoms with Gasteiger partial charge in [0.15, 0.2) is 0 Å². The predicted octanol–water partition coefficient (Wildman–Crippen LogP) is 3.39. The van der Waals surface area contributed by atoms with Crippen molar-refractivity contribution in [3.8, 4) is 5.75 Å². The van der Waals surface area contributed by atoms with Gasteiger partial charge in [-0.1, -0.05) is 25.3 Å². The van der Waals surface area contributed by atoms with Crippen molar-refractivity contribution in [2.24, 2.45) is 5.73 Å². The van der Waals surface area contributed by atoms with E-state index in [2.05, 4.69) is 0 Å². The zero-order valence-corrected chi connectivity index (χ0v) is 11.0. The van der Waals surface area contributed by atoms with Crippen LogP contribution in [0.5, 0.6) is 5.75 Å². The Bertz CT molecular complexity index is 399. The quantitative estimate of drug-likeness (QED) is 0.890. The Balaban J connectivity index is 2.30. The molecule has 0 radical (unpaired) electrons. The number of hydrogen-bond acceptors (Lipinski definition) is 2. The molecule has 0 spiro atoms. The van der Waals surface area contributed by atoms with Crippen molar-refractivity contribution < 1.29 is 9.13 Å². The molecule has 2 rings (SSSR count). The number of halogens is 1. The summed E-state index contributed by atoms with van der Waals surface area (Å²) < 4.78 is 19.6. The van der Waals surface area contributed by atoms with Crippen LogP contribution in [0.3, 0.4) is 0 Å². The van der Waals surface area contributed by atoms with Gasteiger partial charge in [0.1, 0.15) is 11.6 Å². The normalized spacial score (nSPS) is 18.6. The van der Waals surface area contributed by atoms with Crippen LogP contribution in [0.2, 0.25) is 0 Å². The number of ether oxygens (including phenoxy) is 1. The van der Waals surface area contributed by atoms with Gasteiger partial charge in [0.2, 0.25) is 0 Å². The van der Waals surface area contributed by atoms with Gasteiger partial charge in [-0.3, -0.25) is 0 Å². The molecule has 1 aromatic rings. The molecule has 0 aromatic heterocycles. The molecule has 0 heterocycles. The van der Waals surface area contributed by atoms with Crippen molar-refractivity contribution in [1.82, 2.24) is 0 Å². The van der Waals surface area contributed by atoms with Crippen molar-refractivity contribution in [2.75, 3.05) is 13.2 Å². The van der Waals surface area contributed by atoms with Crippen molar-refractivity contribution in [2.45, 2.75) is 44.4 Å². The standard InChI is InChI=1S/C15H22FNO/c1-2-18-12-6-7-13(14(16)10-12)15(11-17)8-4-3-5-9-15/h6-7,10H,2-5,8-9,11,17H2,1H3. The first-order valence-electron chi connectivity index (χ1n) is 6.85. The fourth-order valence-corrected chi connectivity index (χ4v) is 2.99. The molecule has 2 N–H and O–H groups in total. The number of hydrogen-bond donors (Lipinski definition) is 1. The van der Waals surface area contributed by atoms with Gasteiger partial charge < -0.3 is 10.5 Å². The first-order chi connectivity index (χ1) is 8.72. The maximum Gasteiger partial charge on any atom is 0.130 e. The lowest BCUT2D eigenvalue weighted by Crippen LogP contribution is -2.37. The Morgan fingerprint density at radius 1 is 1.28 bits per heavy atom. The van der Waals surface area contributed by atoms with Crippen molar-refractivity contribution in [3.63, 3.8) is 0 Å². The fourth-order valence-electron chi connectivity index (χ4n) is 2.99. The van der Waals surface area contributed by atoms with E-state index in [1.165, 1.54) is 12.5 Å². The van der Waals surface area contributed by atoms with Gasteiger partial charge in [0.25, 0.3) is 0 Å². The molecule has 1 aliphatic rings. The van der Waals surface area contributed by atoms with Gasteiger partial charge in [-0.25, -0.2) is 4.39 Å². The molecule has 0 atom stereocenters. The van der Waals surface area contributed by atoms with E-state index in [1.54, 1.807) is 0 Å². The zero-order chi connectivity index (χ0) is 13.0. The van der Waals surface area contributed by atoms with E-state index in [4.69, 9.17) is 10.5 Å². The molecule has 0 amide bonds. The van der Waals surface area contributed by atoms with Gasteiger partial charge in [-0.2, -0.15) is 0 Å². The van der Waals surface area contributed by atoms with E-state index in [0.717, 1.165) is 31.2 Å². The highest BCUT2D eigenvalue weighted by Crippen LogP contribution is 2.40. The molecular weight excluding hydrogens is 229 g/mol. The molecule has 1 aromatic carbocycles. The van der Waals surface area contributed by atoms with Crippen LogP contribution in [0.1, 0.15) is 44.6 Å². The maximum absolute atomic E-state index is 14.3. The van der Waals surface area contributed by atoms with Crippen molar-refractivity contribution in [1.29, 1.82) is 0 Å². The molecule has 1 fully saturated rings. The summed E-state index contributed by atoms with van der Waals surface area (Å²) in [5.74, 6) is 0.426. The Morgan fingerprint density at radius 2 is 2.00 bits per heavy atom. The Hall–Kier alpha value is -1.09. The molecule has 0 aliphatic heterocycles. The molecule has 2 nitrogen and oxygen atoms in total. The SMILES string of the molecule is CCOc1ccc(C2(CN)CCCCC2)c(F)c1. The molecule has 1 saturated carbocycles. The summed E-state index contributed by atoms with van der Waals surface area (Å²) >= 11 is 0. The minimum Gasteiger partial charge on any atom is -0.494 e. The lowest BCUT2D eigenvalue weighted by Gasteiger charge is -2.37. The van der Waals surface area contributed by atoms with Gasteiger partial charge in [0, 0.05) is 18.0 Å². The summed E-state index contributed by atoms with van der Waals surface area (Å²) in [6, 6.07) is 5.21. The largest absolute Gasteiger partial charge is 0.494 e. The van der Waals surface area contributed by atoms with Gasteiger partial charge in [0.05, 0.1) is 6.61 Å². The van der Waals surface area contributed by atoms with Crippen LogP contribution in [0.4, 0.5) is 4.39 Å². The maximum atomic E-state index is 14.3. The van der Waals surface area contributed by atoms with E-state index < -0.39 is 0 Å². The van der Waals surface area contributed by atoms with Crippen LogP contribution in [-0.2, 0) is 5.41 Å². The van der Waals surface area contributed by atoms with E-state index in [-0.39, 0.29) is 11.2 Å². The third kappa shape index (κ3) is 2.51. The minimum atomic E-state index is -0.173. The van der Waals surface area contributed by atoms with E-state index in [0.29, 0.717) is 18.9 Å². The summed E-state index contributed by atoms with van der Waals surface area (Å²) in [7, 11) is 0. The second-order valence-corrected chi connectivity index (χ2v) is 5.12. The van der Waals surface area contributed by atoms with E-state index in [9.17, 15) is 4.39 Å². The van der Waals surface area contributed by atoms with Crippen molar-refractivity contribution >= 4 is 0 Å².